The normalized spacial score (nSPS) is 30.4. The van der Waals surface area contributed by atoms with E-state index in [1.807, 2.05) is 0 Å². The minimum atomic E-state index is -3.73. The predicted octanol–water partition coefficient (Wildman–Crippen LogP) is -0.253. The molecule has 0 radical (unpaired) electrons. The Labute approximate surface area is 111 Å². The first-order valence-corrected chi connectivity index (χ1v) is 7.96. The highest BCUT2D eigenvalue weighted by Gasteiger charge is 2.36. The number of hydrogen-bond donors (Lipinski definition) is 2. The molecule has 3 fully saturated rings. The molecule has 1 unspecified atom stereocenters. The molecule has 3 saturated heterocycles. The molecule has 3 aliphatic rings. The highest BCUT2D eigenvalue weighted by atomic mass is 32.2. The van der Waals surface area contributed by atoms with Gasteiger partial charge in [0.2, 0.25) is 15.5 Å². The second kappa shape index (κ2) is 4.73. The molecule has 3 aliphatic heterocycles. The summed E-state index contributed by atoms with van der Waals surface area (Å²) in [7, 11) is -3.73. The number of piperidine rings is 3. The van der Waals surface area contributed by atoms with Gasteiger partial charge in [0.25, 0.3) is 0 Å². The SMILES string of the molecule is O=c1cc[nH]cc1S(=O)(=O)NC1CN2CCC1CC2. The van der Waals surface area contributed by atoms with Crippen LogP contribution in [0.2, 0.25) is 0 Å². The first-order chi connectivity index (χ1) is 9.06. The number of rotatable bonds is 3. The minimum absolute atomic E-state index is 0.0768. The van der Waals surface area contributed by atoms with Crippen molar-refractivity contribution in [3.8, 4) is 0 Å². The summed E-state index contributed by atoms with van der Waals surface area (Å²) >= 11 is 0. The van der Waals surface area contributed by atoms with Gasteiger partial charge in [0.05, 0.1) is 0 Å². The van der Waals surface area contributed by atoms with Crippen molar-refractivity contribution < 1.29 is 8.42 Å². The highest BCUT2D eigenvalue weighted by Crippen LogP contribution is 2.28. The molecule has 0 saturated carbocycles. The summed E-state index contributed by atoms with van der Waals surface area (Å²) in [6.07, 6.45) is 4.72. The Morgan fingerprint density at radius 3 is 2.63 bits per heavy atom. The van der Waals surface area contributed by atoms with Crippen LogP contribution in [0.1, 0.15) is 12.8 Å². The van der Waals surface area contributed by atoms with E-state index in [2.05, 4.69) is 14.6 Å². The molecule has 6 nitrogen and oxygen atoms in total. The van der Waals surface area contributed by atoms with Crippen molar-refractivity contribution in [2.75, 3.05) is 19.6 Å². The van der Waals surface area contributed by atoms with Crippen LogP contribution in [0.4, 0.5) is 0 Å². The molecular weight excluding hydrogens is 266 g/mol. The fourth-order valence-electron chi connectivity index (χ4n) is 2.97. The van der Waals surface area contributed by atoms with Gasteiger partial charge in [0.15, 0.2) is 0 Å². The molecule has 0 amide bonds. The average Bonchev–Trinajstić information content (AvgIpc) is 2.40. The van der Waals surface area contributed by atoms with Crippen LogP contribution in [0.3, 0.4) is 0 Å². The Bertz CT molecular complexity index is 617. The zero-order valence-electron chi connectivity index (χ0n) is 10.5. The molecule has 0 aromatic carbocycles. The van der Waals surface area contributed by atoms with Crippen LogP contribution in [0.25, 0.3) is 0 Å². The van der Waals surface area contributed by atoms with E-state index in [1.54, 1.807) is 0 Å². The Balaban J connectivity index is 1.83. The quantitative estimate of drug-likeness (QED) is 0.801. The van der Waals surface area contributed by atoms with Crippen LogP contribution in [-0.4, -0.2) is 44.0 Å². The fraction of sp³-hybridized carbons (Fsp3) is 0.583. The largest absolute Gasteiger partial charge is 0.366 e. The lowest BCUT2D eigenvalue weighted by molar-refractivity contribution is 0.0827. The summed E-state index contributed by atoms with van der Waals surface area (Å²) < 4.78 is 27.2. The minimum Gasteiger partial charge on any atom is -0.366 e. The van der Waals surface area contributed by atoms with Gasteiger partial charge in [-0.2, -0.15) is 0 Å². The zero-order valence-corrected chi connectivity index (χ0v) is 11.3. The smallest absolute Gasteiger partial charge is 0.246 e. The Morgan fingerprint density at radius 1 is 1.32 bits per heavy atom. The first-order valence-electron chi connectivity index (χ1n) is 6.48. The summed E-state index contributed by atoms with van der Waals surface area (Å²) in [5, 5.41) is 0. The average molecular weight is 283 g/mol. The maximum Gasteiger partial charge on any atom is 0.246 e. The monoisotopic (exact) mass is 283 g/mol. The van der Waals surface area contributed by atoms with Gasteiger partial charge in [0, 0.05) is 31.0 Å². The van der Waals surface area contributed by atoms with E-state index in [4.69, 9.17) is 0 Å². The number of aromatic amines is 1. The molecule has 0 aliphatic carbocycles. The van der Waals surface area contributed by atoms with Crippen LogP contribution < -0.4 is 10.2 Å². The number of fused-ring (bicyclic) bond motifs is 3. The second-order valence-electron chi connectivity index (χ2n) is 5.24. The van der Waals surface area contributed by atoms with Gasteiger partial charge >= 0.3 is 0 Å². The Hall–Kier alpha value is -1.18. The third kappa shape index (κ3) is 2.45. The van der Waals surface area contributed by atoms with Gasteiger partial charge < -0.3 is 9.88 Å². The maximum absolute atomic E-state index is 12.2. The summed E-state index contributed by atoms with van der Waals surface area (Å²) in [4.78, 5) is 16.3. The summed E-state index contributed by atoms with van der Waals surface area (Å²) in [5.74, 6) is 0.391. The molecule has 1 aromatic heterocycles. The number of nitrogens with zero attached hydrogens (tertiary/aromatic N) is 1. The maximum atomic E-state index is 12.2. The van der Waals surface area contributed by atoms with Crippen LogP contribution >= 0.6 is 0 Å². The number of pyridine rings is 1. The van der Waals surface area contributed by atoms with E-state index in [9.17, 15) is 13.2 Å². The van der Waals surface area contributed by atoms with Gasteiger partial charge in [-0.3, -0.25) is 4.79 Å². The third-order valence-electron chi connectivity index (χ3n) is 4.04. The Kier molecular flexibility index (Phi) is 3.20. The van der Waals surface area contributed by atoms with Crippen LogP contribution in [0.15, 0.2) is 28.2 Å². The van der Waals surface area contributed by atoms with E-state index in [-0.39, 0.29) is 10.9 Å². The molecule has 4 rings (SSSR count). The van der Waals surface area contributed by atoms with Crippen molar-refractivity contribution in [2.24, 2.45) is 5.92 Å². The van der Waals surface area contributed by atoms with Crippen molar-refractivity contribution >= 4 is 10.0 Å². The van der Waals surface area contributed by atoms with E-state index in [0.29, 0.717) is 5.92 Å². The molecule has 19 heavy (non-hydrogen) atoms. The van der Waals surface area contributed by atoms with Crippen LogP contribution in [0.5, 0.6) is 0 Å². The van der Waals surface area contributed by atoms with E-state index < -0.39 is 15.5 Å². The van der Waals surface area contributed by atoms with E-state index in [0.717, 1.165) is 32.5 Å². The molecule has 7 heteroatoms. The van der Waals surface area contributed by atoms with Gasteiger partial charge in [-0.25, -0.2) is 13.1 Å². The first kappa shape index (κ1) is 12.8. The standard InChI is InChI=1S/C12H17N3O3S/c16-11-1-4-13-7-12(11)19(17,18)14-10-8-15-5-2-9(10)3-6-15/h1,4,7,9-10,14H,2-3,5-6,8H2,(H,13,16). The van der Waals surface area contributed by atoms with Crippen molar-refractivity contribution in [2.45, 2.75) is 23.8 Å². The van der Waals surface area contributed by atoms with Crippen LogP contribution in [0, 0.1) is 5.92 Å². The topological polar surface area (TPSA) is 82.3 Å². The molecule has 1 aromatic rings. The molecule has 0 spiro atoms. The van der Waals surface area contributed by atoms with Gasteiger partial charge in [-0.15, -0.1) is 0 Å². The number of aromatic nitrogens is 1. The molecule has 1 atom stereocenters. The number of nitrogens with one attached hydrogen (secondary N) is 2. The summed E-state index contributed by atoms with van der Waals surface area (Å²) in [5.41, 5.74) is -0.479. The lowest BCUT2D eigenvalue weighted by atomic mass is 9.85. The number of hydrogen-bond acceptors (Lipinski definition) is 4. The highest BCUT2D eigenvalue weighted by molar-refractivity contribution is 7.89. The van der Waals surface area contributed by atoms with E-state index in [1.165, 1.54) is 18.5 Å². The van der Waals surface area contributed by atoms with Crippen molar-refractivity contribution in [1.82, 2.24) is 14.6 Å². The van der Waals surface area contributed by atoms with Crippen molar-refractivity contribution in [1.29, 1.82) is 0 Å². The van der Waals surface area contributed by atoms with Gasteiger partial charge in [-0.1, -0.05) is 0 Å². The van der Waals surface area contributed by atoms with E-state index >= 15 is 0 Å². The lowest BCUT2D eigenvalue weighted by Gasteiger charge is -2.44. The Morgan fingerprint density at radius 2 is 2.05 bits per heavy atom. The van der Waals surface area contributed by atoms with Crippen molar-refractivity contribution in [3.63, 3.8) is 0 Å². The molecular formula is C12H17N3O3S. The summed E-state index contributed by atoms with van der Waals surface area (Å²) in [6, 6.07) is 1.15. The molecule has 104 valence electrons. The van der Waals surface area contributed by atoms with Gasteiger partial charge in [-0.05, 0) is 31.8 Å². The number of sulfonamides is 1. The second-order valence-corrected chi connectivity index (χ2v) is 6.92. The predicted molar refractivity (Wildman–Crippen MR) is 70.3 cm³/mol. The lowest BCUT2D eigenvalue weighted by Crippen LogP contribution is -2.57. The van der Waals surface area contributed by atoms with Gasteiger partial charge in [0.1, 0.15) is 4.90 Å². The molecule has 2 bridgehead atoms. The summed E-state index contributed by atoms with van der Waals surface area (Å²) in [6.45, 7) is 2.85. The fourth-order valence-corrected chi connectivity index (χ4v) is 4.32. The number of H-pyrrole nitrogens is 1. The molecule has 2 N–H and O–H groups in total. The zero-order chi connectivity index (χ0) is 13.5. The molecule has 4 heterocycles. The van der Waals surface area contributed by atoms with Crippen LogP contribution in [-0.2, 0) is 10.0 Å². The third-order valence-corrected chi connectivity index (χ3v) is 5.55. The van der Waals surface area contributed by atoms with Crippen molar-refractivity contribution in [3.05, 3.63) is 28.7 Å².